The molecule has 132 valence electrons. The van der Waals surface area contributed by atoms with Gasteiger partial charge in [-0.05, 0) is 45.7 Å². The molecular formula is C18H26N2O4. The van der Waals surface area contributed by atoms with Crippen LogP contribution in [-0.4, -0.2) is 35.6 Å². The summed E-state index contributed by atoms with van der Waals surface area (Å²) in [6, 6.07) is 3.87. The van der Waals surface area contributed by atoms with Crippen LogP contribution in [0.1, 0.15) is 58.3 Å². The van der Waals surface area contributed by atoms with Crippen molar-refractivity contribution >= 4 is 12.0 Å². The number of hydrogen-bond acceptors (Lipinski definition) is 4. The van der Waals surface area contributed by atoms with Crippen LogP contribution < -0.4 is 5.32 Å². The molecule has 2 aliphatic rings. The number of carbonyl (C=O) groups excluding carboxylic acids is 2. The molecule has 0 bridgehead atoms. The van der Waals surface area contributed by atoms with Crippen LogP contribution in [0.15, 0.2) is 22.8 Å². The normalized spacial score (nSPS) is 21.8. The van der Waals surface area contributed by atoms with Crippen molar-refractivity contribution in [1.29, 1.82) is 0 Å². The van der Waals surface area contributed by atoms with E-state index in [-0.39, 0.29) is 30.3 Å². The van der Waals surface area contributed by atoms with E-state index in [1.54, 1.807) is 6.26 Å². The minimum Gasteiger partial charge on any atom is -0.467 e. The van der Waals surface area contributed by atoms with Crippen molar-refractivity contribution in [2.75, 3.05) is 13.1 Å². The predicted molar refractivity (Wildman–Crippen MR) is 88.3 cm³/mol. The highest BCUT2D eigenvalue weighted by molar-refractivity contribution is 5.79. The van der Waals surface area contributed by atoms with Gasteiger partial charge < -0.3 is 19.4 Å². The number of alkyl carbamates (subject to hydrolysis) is 1. The van der Waals surface area contributed by atoms with Crippen LogP contribution in [0.5, 0.6) is 0 Å². The van der Waals surface area contributed by atoms with Crippen molar-refractivity contribution in [3.63, 3.8) is 0 Å². The van der Waals surface area contributed by atoms with Crippen molar-refractivity contribution in [1.82, 2.24) is 10.2 Å². The Kier molecular flexibility index (Phi) is 4.32. The van der Waals surface area contributed by atoms with Crippen LogP contribution in [0.2, 0.25) is 0 Å². The summed E-state index contributed by atoms with van der Waals surface area (Å²) in [6.07, 6.45) is 4.96. The van der Waals surface area contributed by atoms with Gasteiger partial charge in [-0.3, -0.25) is 4.79 Å². The fourth-order valence-electron chi connectivity index (χ4n) is 3.66. The lowest BCUT2D eigenvalue weighted by atomic mass is 9.57. The minimum absolute atomic E-state index is 0.0463. The second-order valence-corrected chi connectivity index (χ2v) is 7.83. The topological polar surface area (TPSA) is 71.8 Å². The molecule has 1 unspecified atom stereocenters. The Morgan fingerprint density at radius 3 is 2.71 bits per heavy atom. The van der Waals surface area contributed by atoms with Crippen LogP contribution in [0.3, 0.4) is 0 Å². The van der Waals surface area contributed by atoms with Crippen molar-refractivity contribution in [3.8, 4) is 0 Å². The van der Waals surface area contributed by atoms with Gasteiger partial charge in [0, 0.05) is 24.9 Å². The lowest BCUT2D eigenvalue weighted by Crippen LogP contribution is -2.63. The SMILES string of the molecule is CC(C)(C)OC(=O)NCCC(=O)N1CC2(CCC2)C1c1ccco1. The van der Waals surface area contributed by atoms with E-state index in [2.05, 4.69) is 5.32 Å². The Hall–Kier alpha value is -1.98. The maximum atomic E-state index is 12.5. The van der Waals surface area contributed by atoms with Gasteiger partial charge in [-0.15, -0.1) is 0 Å². The second-order valence-electron chi connectivity index (χ2n) is 7.83. The molecule has 0 radical (unpaired) electrons. The van der Waals surface area contributed by atoms with Crippen molar-refractivity contribution in [2.24, 2.45) is 5.41 Å². The molecule has 1 spiro atoms. The Morgan fingerprint density at radius 1 is 1.42 bits per heavy atom. The molecule has 2 amide bonds. The van der Waals surface area contributed by atoms with E-state index < -0.39 is 11.7 Å². The zero-order chi connectivity index (χ0) is 17.4. The maximum Gasteiger partial charge on any atom is 0.407 e. The number of hydrogen-bond donors (Lipinski definition) is 1. The highest BCUT2D eigenvalue weighted by Crippen LogP contribution is 2.60. The Labute approximate surface area is 142 Å². The monoisotopic (exact) mass is 334 g/mol. The Balaban J connectivity index is 1.51. The highest BCUT2D eigenvalue weighted by atomic mass is 16.6. The number of nitrogens with zero attached hydrogens (tertiary/aromatic N) is 1. The van der Waals surface area contributed by atoms with Crippen LogP contribution >= 0.6 is 0 Å². The first-order valence-corrected chi connectivity index (χ1v) is 8.60. The quantitative estimate of drug-likeness (QED) is 0.917. The Morgan fingerprint density at radius 2 is 2.17 bits per heavy atom. The summed E-state index contributed by atoms with van der Waals surface area (Å²) in [4.78, 5) is 26.0. The fraction of sp³-hybridized carbons (Fsp3) is 0.667. The standard InChI is InChI=1S/C18H26N2O4/c1-17(2,3)24-16(22)19-10-7-14(21)20-12-18(8-5-9-18)15(20)13-6-4-11-23-13/h4,6,11,15H,5,7-10,12H2,1-3H3,(H,19,22). The van der Waals surface area contributed by atoms with Crippen LogP contribution in [0.4, 0.5) is 4.79 Å². The molecule has 1 aromatic rings. The van der Waals surface area contributed by atoms with Gasteiger partial charge in [0.1, 0.15) is 11.4 Å². The molecule has 1 aromatic heterocycles. The van der Waals surface area contributed by atoms with Crippen LogP contribution in [0.25, 0.3) is 0 Å². The third-order valence-electron chi connectivity index (χ3n) is 4.87. The van der Waals surface area contributed by atoms with E-state index in [9.17, 15) is 9.59 Å². The third kappa shape index (κ3) is 3.28. The van der Waals surface area contributed by atoms with Gasteiger partial charge in [0.25, 0.3) is 0 Å². The van der Waals surface area contributed by atoms with E-state index in [1.165, 1.54) is 6.42 Å². The molecule has 1 atom stereocenters. The number of nitrogens with one attached hydrogen (secondary N) is 1. The number of rotatable bonds is 4. The summed E-state index contributed by atoms with van der Waals surface area (Å²) in [5.74, 6) is 0.916. The summed E-state index contributed by atoms with van der Waals surface area (Å²) in [5.41, 5.74) is -0.321. The van der Waals surface area contributed by atoms with Crippen molar-refractivity contribution in [2.45, 2.75) is 58.1 Å². The molecule has 6 heteroatoms. The lowest BCUT2D eigenvalue weighted by molar-refractivity contribution is -0.171. The third-order valence-corrected chi connectivity index (χ3v) is 4.87. The molecule has 6 nitrogen and oxygen atoms in total. The van der Waals surface area contributed by atoms with Crippen molar-refractivity contribution < 1.29 is 18.7 Å². The molecule has 1 N–H and O–H groups in total. The van der Waals surface area contributed by atoms with Gasteiger partial charge >= 0.3 is 6.09 Å². The fourth-order valence-corrected chi connectivity index (χ4v) is 3.66. The average Bonchev–Trinajstić information content (AvgIpc) is 2.87. The van der Waals surface area contributed by atoms with Crippen LogP contribution in [0, 0.1) is 5.41 Å². The van der Waals surface area contributed by atoms with E-state index in [0.717, 1.165) is 25.1 Å². The number of ether oxygens (including phenoxy) is 1. The predicted octanol–water partition coefficient (Wildman–Crippen LogP) is 3.25. The van der Waals surface area contributed by atoms with E-state index in [4.69, 9.17) is 9.15 Å². The summed E-state index contributed by atoms with van der Waals surface area (Å²) in [7, 11) is 0. The molecular weight excluding hydrogens is 308 g/mol. The van der Waals surface area contributed by atoms with Gasteiger partial charge in [-0.1, -0.05) is 6.42 Å². The molecule has 2 fully saturated rings. The maximum absolute atomic E-state index is 12.5. The summed E-state index contributed by atoms with van der Waals surface area (Å²) >= 11 is 0. The highest BCUT2D eigenvalue weighted by Gasteiger charge is 2.58. The number of furan rings is 1. The first kappa shape index (κ1) is 16.9. The number of likely N-dealkylation sites (tertiary alicyclic amines) is 1. The van der Waals surface area contributed by atoms with Gasteiger partial charge in [-0.25, -0.2) is 4.79 Å². The molecule has 2 heterocycles. The van der Waals surface area contributed by atoms with Gasteiger partial charge in [0.2, 0.25) is 5.91 Å². The summed E-state index contributed by atoms with van der Waals surface area (Å²) in [6.45, 7) is 6.50. The van der Waals surface area contributed by atoms with Crippen LogP contribution in [-0.2, 0) is 9.53 Å². The second kappa shape index (κ2) is 6.15. The zero-order valence-electron chi connectivity index (χ0n) is 14.6. The molecule has 1 aliphatic carbocycles. The molecule has 1 aliphatic heterocycles. The molecule has 1 saturated carbocycles. The largest absolute Gasteiger partial charge is 0.467 e. The molecule has 0 aromatic carbocycles. The lowest BCUT2D eigenvalue weighted by Gasteiger charge is -2.61. The average molecular weight is 334 g/mol. The van der Waals surface area contributed by atoms with Gasteiger partial charge in [-0.2, -0.15) is 0 Å². The van der Waals surface area contributed by atoms with E-state index >= 15 is 0 Å². The first-order valence-electron chi connectivity index (χ1n) is 8.60. The Bertz CT molecular complexity index is 599. The van der Waals surface area contributed by atoms with Gasteiger partial charge in [0.05, 0.1) is 12.3 Å². The van der Waals surface area contributed by atoms with E-state index in [0.29, 0.717) is 0 Å². The molecule has 24 heavy (non-hydrogen) atoms. The number of amides is 2. The van der Waals surface area contributed by atoms with Crippen molar-refractivity contribution in [3.05, 3.63) is 24.2 Å². The molecule has 1 saturated heterocycles. The zero-order valence-corrected chi connectivity index (χ0v) is 14.6. The summed E-state index contributed by atoms with van der Waals surface area (Å²) in [5, 5.41) is 2.64. The minimum atomic E-state index is -0.535. The molecule has 3 rings (SSSR count). The summed E-state index contributed by atoms with van der Waals surface area (Å²) < 4.78 is 10.7. The van der Waals surface area contributed by atoms with E-state index in [1.807, 2.05) is 37.8 Å². The van der Waals surface area contributed by atoms with Gasteiger partial charge in [0.15, 0.2) is 0 Å². The smallest absolute Gasteiger partial charge is 0.407 e. The first-order chi connectivity index (χ1) is 11.3. The number of carbonyl (C=O) groups is 2.